The molecule has 2 heterocycles. The quantitative estimate of drug-likeness (QED) is 0.573. The van der Waals surface area contributed by atoms with Crippen LogP contribution in [-0.2, 0) is 11.0 Å². The van der Waals surface area contributed by atoms with E-state index in [2.05, 4.69) is 20.5 Å². The minimum Gasteiger partial charge on any atom is -0.339 e. The van der Waals surface area contributed by atoms with E-state index in [-0.39, 0.29) is 29.2 Å². The van der Waals surface area contributed by atoms with Crippen molar-refractivity contribution < 1.29 is 22.8 Å². The number of aromatic nitrogens is 3. The largest absolute Gasteiger partial charge is 0.416 e. The Bertz CT molecular complexity index is 1160. The number of nitrogens with one attached hydrogen (secondary N) is 2. The highest BCUT2D eigenvalue weighted by molar-refractivity contribution is 6.33. The van der Waals surface area contributed by atoms with Crippen LogP contribution in [0.2, 0.25) is 5.02 Å². The second-order valence-corrected chi connectivity index (χ2v) is 8.03. The lowest BCUT2D eigenvalue weighted by atomic mass is 9.95. The molecular formula is C22H19ClF3N5O2. The van der Waals surface area contributed by atoms with Gasteiger partial charge in [0, 0.05) is 30.1 Å². The molecule has 2 aromatic carbocycles. The molecule has 0 aliphatic carbocycles. The van der Waals surface area contributed by atoms with Gasteiger partial charge in [0.05, 0.1) is 10.6 Å². The van der Waals surface area contributed by atoms with E-state index in [0.29, 0.717) is 42.3 Å². The molecule has 1 aliphatic heterocycles. The van der Waals surface area contributed by atoms with Gasteiger partial charge in [0.1, 0.15) is 0 Å². The summed E-state index contributed by atoms with van der Waals surface area (Å²) in [4.78, 5) is 31.0. The van der Waals surface area contributed by atoms with Crippen molar-refractivity contribution >= 4 is 29.4 Å². The number of H-pyrrole nitrogens is 1. The second kappa shape index (κ2) is 9.22. The third-order valence-corrected chi connectivity index (χ3v) is 5.79. The Kier molecular flexibility index (Phi) is 6.37. The summed E-state index contributed by atoms with van der Waals surface area (Å²) >= 11 is 6.15. The highest BCUT2D eigenvalue weighted by atomic mass is 35.5. The number of hydrogen-bond acceptors (Lipinski definition) is 4. The standard InChI is InChI=1S/C22H19ClF3N5O2/c23-17-4-2-1-3-16(17)18-27-21(30-29-18)28-19(32)13-9-11-31(12-10-13)20(33)14-5-7-15(8-6-14)22(24,25)26/h1-8,13H,9-12H2,(H2,27,28,29,30,32). The summed E-state index contributed by atoms with van der Waals surface area (Å²) in [5.41, 5.74) is 0.0278. The molecule has 0 unspecified atom stereocenters. The Labute approximate surface area is 192 Å². The van der Waals surface area contributed by atoms with Gasteiger partial charge < -0.3 is 4.90 Å². The average Bonchev–Trinajstić information content (AvgIpc) is 3.26. The Balaban J connectivity index is 1.32. The van der Waals surface area contributed by atoms with Gasteiger partial charge >= 0.3 is 6.18 Å². The van der Waals surface area contributed by atoms with Crippen LogP contribution in [0.1, 0.15) is 28.8 Å². The molecule has 1 saturated heterocycles. The van der Waals surface area contributed by atoms with E-state index in [9.17, 15) is 22.8 Å². The van der Waals surface area contributed by atoms with E-state index in [4.69, 9.17) is 11.6 Å². The average molecular weight is 478 g/mol. The number of carbonyl (C=O) groups is 2. The van der Waals surface area contributed by atoms with Gasteiger partial charge in [-0.15, -0.1) is 5.10 Å². The SMILES string of the molecule is O=C(Nc1n[nH]c(-c2ccccc2Cl)n1)C1CCN(C(=O)c2ccc(C(F)(F)F)cc2)CC1. The Morgan fingerprint density at radius 2 is 1.73 bits per heavy atom. The third-order valence-electron chi connectivity index (χ3n) is 5.46. The maximum Gasteiger partial charge on any atom is 0.416 e. The molecule has 7 nitrogen and oxygen atoms in total. The molecule has 0 bridgehead atoms. The molecule has 0 atom stereocenters. The van der Waals surface area contributed by atoms with E-state index in [1.807, 2.05) is 6.07 Å². The predicted molar refractivity (Wildman–Crippen MR) is 116 cm³/mol. The Hall–Kier alpha value is -3.40. The lowest BCUT2D eigenvalue weighted by molar-refractivity contribution is -0.137. The summed E-state index contributed by atoms with van der Waals surface area (Å²) in [6, 6.07) is 11.2. The van der Waals surface area contributed by atoms with Crippen molar-refractivity contribution in [1.29, 1.82) is 0 Å². The maximum atomic E-state index is 12.7. The first-order valence-electron chi connectivity index (χ1n) is 10.2. The van der Waals surface area contributed by atoms with Crippen LogP contribution in [0.3, 0.4) is 0 Å². The maximum absolute atomic E-state index is 12.7. The normalized spacial score (nSPS) is 14.8. The highest BCUT2D eigenvalue weighted by Gasteiger charge is 2.31. The number of amides is 2. The van der Waals surface area contributed by atoms with E-state index in [0.717, 1.165) is 12.1 Å². The summed E-state index contributed by atoms with van der Waals surface area (Å²) in [7, 11) is 0. The number of nitrogens with zero attached hydrogens (tertiary/aromatic N) is 3. The lowest BCUT2D eigenvalue weighted by Gasteiger charge is -2.31. The number of anilines is 1. The molecule has 0 saturated carbocycles. The monoisotopic (exact) mass is 477 g/mol. The molecule has 1 aliphatic rings. The topological polar surface area (TPSA) is 91.0 Å². The lowest BCUT2D eigenvalue weighted by Crippen LogP contribution is -2.41. The van der Waals surface area contributed by atoms with Crippen molar-refractivity contribution in [1.82, 2.24) is 20.1 Å². The second-order valence-electron chi connectivity index (χ2n) is 7.62. The molecule has 2 amide bonds. The predicted octanol–water partition coefficient (Wildman–Crippen LogP) is 4.63. The molecule has 2 N–H and O–H groups in total. The number of hydrogen-bond donors (Lipinski definition) is 2. The van der Waals surface area contributed by atoms with E-state index >= 15 is 0 Å². The first-order valence-corrected chi connectivity index (χ1v) is 10.5. The number of likely N-dealkylation sites (tertiary alicyclic amines) is 1. The van der Waals surface area contributed by atoms with Gasteiger partial charge in [0.15, 0.2) is 5.82 Å². The highest BCUT2D eigenvalue weighted by Crippen LogP contribution is 2.30. The summed E-state index contributed by atoms with van der Waals surface area (Å²) in [6.45, 7) is 0.633. The van der Waals surface area contributed by atoms with Crippen molar-refractivity contribution in [3.05, 3.63) is 64.7 Å². The Morgan fingerprint density at radius 1 is 1.06 bits per heavy atom. The number of halogens is 4. The van der Waals surface area contributed by atoms with Gasteiger partial charge in [-0.3, -0.25) is 20.0 Å². The fourth-order valence-corrected chi connectivity index (χ4v) is 3.86. The molecule has 33 heavy (non-hydrogen) atoms. The van der Waals surface area contributed by atoms with Gasteiger partial charge in [-0.1, -0.05) is 23.7 Å². The third kappa shape index (κ3) is 5.16. The van der Waals surface area contributed by atoms with Crippen LogP contribution in [0.25, 0.3) is 11.4 Å². The molecule has 4 rings (SSSR count). The van der Waals surface area contributed by atoms with Crippen LogP contribution in [0.15, 0.2) is 48.5 Å². The number of carbonyl (C=O) groups excluding carboxylic acids is 2. The fourth-order valence-electron chi connectivity index (χ4n) is 3.63. The minimum absolute atomic E-state index is 0.123. The number of benzene rings is 2. The van der Waals surface area contributed by atoms with Crippen LogP contribution in [0.5, 0.6) is 0 Å². The van der Waals surface area contributed by atoms with Crippen LogP contribution >= 0.6 is 11.6 Å². The number of piperidine rings is 1. The van der Waals surface area contributed by atoms with Crippen molar-refractivity contribution in [2.45, 2.75) is 19.0 Å². The molecule has 1 fully saturated rings. The summed E-state index contributed by atoms with van der Waals surface area (Å²) in [6.07, 6.45) is -3.62. The molecule has 1 aromatic heterocycles. The van der Waals surface area contributed by atoms with Gasteiger partial charge in [-0.2, -0.15) is 18.2 Å². The van der Waals surface area contributed by atoms with E-state index < -0.39 is 11.7 Å². The first-order chi connectivity index (χ1) is 15.7. The molecule has 0 spiro atoms. The van der Waals surface area contributed by atoms with Gasteiger partial charge in [0.2, 0.25) is 11.9 Å². The number of aromatic amines is 1. The van der Waals surface area contributed by atoms with Crippen LogP contribution < -0.4 is 5.32 Å². The van der Waals surface area contributed by atoms with Crippen LogP contribution in [0.4, 0.5) is 19.1 Å². The fraction of sp³-hybridized carbons (Fsp3) is 0.273. The first kappa shape index (κ1) is 22.8. The molecule has 11 heteroatoms. The molecule has 0 radical (unpaired) electrons. The van der Waals surface area contributed by atoms with Crippen molar-refractivity contribution in [2.75, 3.05) is 18.4 Å². The van der Waals surface area contributed by atoms with Crippen molar-refractivity contribution in [2.24, 2.45) is 5.92 Å². The van der Waals surface area contributed by atoms with E-state index in [1.165, 1.54) is 17.0 Å². The Morgan fingerprint density at radius 3 is 2.36 bits per heavy atom. The smallest absolute Gasteiger partial charge is 0.339 e. The zero-order valence-electron chi connectivity index (χ0n) is 17.2. The molecule has 172 valence electrons. The number of rotatable bonds is 4. The summed E-state index contributed by atoms with van der Waals surface area (Å²) in [5, 5.41) is 9.91. The molecule has 3 aromatic rings. The minimum atomic E-state index is -4.45. The zero-order valence-corrected chi connectivity index (χ0v) is 18.0. The van der Waals surface area contributed by atoms with Crippen molar-refractivity contribution in [3.63, 3.8) is 0 Å². The van der Waals surface area contributed by atoms with Crippen LogP contribution in [-0.4, -0.2) is 45.0 Å². The van der Waals surface area contributed by atoms with Gasteiger partial charge in [-0.05, 0) is 49.2 Å². The van der Waals surface area contributed by atoms with E-state index in [1.54, 1.807) is 18.2 Å². The van der Waals surface area contributed by atoms with Crippen molar-refractivity contribution in [3.8, 4) is 11.4 Å². The summed E-state index contributed by atoms with van der Waals surface area (Å²) in [5.74, 6) is -0.419. The molecular weight excluding hydrogens is 459 g/mol. The van der Waals surface area contributed by atoms with Gasteiger partial charge in [-0.25, -0.2) is 0 Å². The van der Waals surface area contributed by atoms with Gasteiger partial charge in [0.25, 0.3) is 5.91 Å². The summed E-state index contributed by atoms with van der Waals surface area (Å²) < 4.78 is 38.1. The zero-order chi connectivity index (χ0) is 23.6. The number of alkyl halides is 3. The van der Waals surface area contributed by atoms with Crippen LogP contribution in [0, 0.1) is 5.92 Å².